The van der Waals surface area contributed by atoms with Gasteiger partial charge in [-0.25, -0.2) is 4.39 Å². The molecule has 13 heavy (non-hydrogen) atoms. The zero-order valence-corrected chi connectivity index (χ0v) is 8.23. The van der Waals surface area contributed by atoms with Gasteiger partial charge in [0.05, 0.1) is 17.0 Å². The van der Waals surface area contributed by atoms with Crippen LogP contribution in [0.1, 0.15) is 12.0 Å². The van der Waals surface area contributed by atoms with Gasteiger partial charge in [-0.05, 0) is 34.1 Å². The fourth-order valence-electron chi connectivity index (χ4n) is 0.760. The second-order valence-electron chi connectivity index (χ2n) is 2.27. The molecule has 1 rings (SSSR count). The predicted molar refractivity (Wildman–Crippen MR) is 51.2 cm³/mol. The lowest BCUT2D eigenvalue weighted by Crippen LogP contribution is -1.79. The van der Waals surface area contributed by atoms with Gasteiger partial charge in [0.25, 0.3) is 0 Å². The number of rotatable bonds is 0. The molecule has 0 atom stereocenters. The van der Waals surface area contributed by atoms with Crippen LogP contribution in [-0.2, 0) is 0 Å². The van der Waals surface area contributed by atoms with Gasteiger partial charge in [-0.3, -0.25) is 0 Å². The molecule has 0 aliphatic rings. The van der Waals surface area contributed by atoms with E-state index in [1.807, 2.05) is 6.07 Å². The third-order valence-electron chi connectivity index (χ3n) is 1.32. The van der Waals surface area contributed by atoms with Gasteiger partial charge in [-0.15, -0.1) is 0 Å². The highest BCUT2D eigenvalue weighted by molar-refractivity contribution is 9.10. The summed E-state index contributed by atoms with van der Waals surface area (Å²) >= 11 is 3.05. The molecule has 64 valence electrons. The van der Waals surface area contributed by atoms with Gasteiger partial charge in [0.1, 0.15) is 5.82 Å². The Morgan fingerprint density at radius 2 is 2.23 bits per heavy atom. The number of hydrogen-bond donors (Lipinski definition) is 0. The molecule has 0 saturated carbocycles. The Balaban J connectivity index is 2.89. The van der Waals surface area contributed by atoms with Crippen molar-refractivity contribution >= 4 is 15.9 Å². The van der Waals surface area contributed by atoms with E-state index in [1.54, 1.807) is 12.1 Å². The quantitative estimate of drug-likeness (QED) is 0.637. The van der Waals surface area contributed by atoms with Crippen molar-refractivity contribution in [1.29, 1.82) is 5.26 Å². The lowest BCUT2D eigenvalue weighted by molar-refractivity contribution is 0.621. The van der Waals surface area contributed by atoms with Crippen LogP contribution >= 0.6 is 15.9 Å². The van der Waals surface area contributed by atoms with Crippen LogP contribution in [-0.4, -0.2) is 0 Å². The molecule has 0 spiro atoms. The fraction of sp³-hybridized carbons (Fsp3) is 0.100. The molecule has 0 saturated heterocycles. The van der Waals surface area contributed by atoms with Gasteiger partial charge in [0, 0.05) is 5.56 Å². The molecule has 1 aromatic rings. The lowest BCUT2D eigenvalue weighted by Gasteiger charge is -1.93. The van der Waals surface area contributed by atoms with Crippen molar-refractivity contribution in [1.82, 2.24) is 0 Å². The maximum atomic E-state index is 12.7. The summed E-state index contributed by atoms with van der Waals surface area (Å²) < 4.78 is 13.1. The molecule has 0 aliphatic carbocycles. The van der Waals surface area contributed by atoms with Crippen molar-refractivity contribution in [2.24, 2.45) is 0 Å². The Morgan fingerprint density at radius 1 is 1.46 bits per heavy atom. The average molecular weight is 238 g/mol. The van der Waals surface area contributed by atoms with Gasteiger partial charge in [0.15, 0.2) is 0 Å². The van der Waals surface area contributed by atoms with Crippen molar-refractivity contribution in [3.63, 3.8) is 0 Å². The van der Waals surface area contributed by atoms with E-state index in [0.29, 0.717) is 10.0 Å². The molecule has 0 aromatic heterocycles. The standard InChI is InChI=1S/C10H5BrFN/c11-9-7-8(3-1-2-6-13)4-5-10(9)12/h4-5,7H,2H2. The largest absolute Gasteiger partial charge is 0.206 e. The monoisotopic (exact) mass is 237 g/mol. The summed E-state index contributed by atoms with van der Waals surface area (Å²) in [5.41, 5.74) is 0.698. The summed E-state index contributed by atoms with van der Waals surface area (Å²) in [4.78, 5) is 0. The molecule has 0 aliphatic heterocycles. The van der Waals surface area contributed by atoms with E-state index in [-0.39, 0.29) is 12.2 Å². The predicted octanol–water partition coefficient (Wildman–Crippen LogP) is 2.85. The van der Waals surface area contributed by atoms with Crippen molar-refractivity contribution in [2.45, 2.75) is 6.42 Å². The second kappa shape index (κ2) is 4.64. The van der Waals surface area contributed by atoms with E-state index in [9.17, 15) is 4.39 Å². The fourth-order valence-corrected chi connectivity index (χ4v) is 1.14. The van der Waals surface area contributed by atoms with Crippen molar-refractivity contribution in [3.8, 4) is 17.9 Å². The molecule has 0 bridgehead atoms. The number of nitrogens with zero attached hydrogens (tertiary/aromatic N) is 1. The van der Waals surface area contributed by atoms with Crippen molar-refractivity contribution < 1.29 is 4.39 Å². The summed E-state index contributed by atoms with van der Waals surface area (Å²) in [7, 11) is 0. The van der Waals surface area contributed by atoms with Crippen LogP contribution in [0.25, 0.3) is 0 Å². The molecule has 3 heteroatoms. The first-order chi connectivity index (χ1) is 6.24. The van der Waals surface area contributed by atoms with Gasteiger partial charge in [-0.1, -0.05) is 11.8 Å². The molecule has 0 radical (unpaired) electrons. The Hall–Kier alpha value is -1.32. The molecule has 0 amide bonds. The highest BCUT2D eigenvalue weighted by Crippen LogP contribution is 2.15. The highest BCUT2D eigenvalue weighted by atomic mass is 79.9. The van der Waals surface area contributed by atoms with Crippen molar-refractivity contribution in [2.75, 3.05) is 0 Å². The van der Waals surface area contributed by atoms with Crippen LogP contribution in [0.3, 0.4) is 0 Å². The van der Waals surface area contributed by atoms with Gasteiger partial charge in [-0.2, -0.15) is 5.26 Å². The minimum absolute atomic E-state index is 0.189. The highest BCUT2D eigenvalue weighted by Gasteiger charge is 1.97. The molecule has 1 aromatic carbocycles. The lowest BCUT2D eigenvalue weighted by atomic mass is 10.2. The first-order valence-electron chi connectivity index (χ1n) is 3.55. The maximum Gasteiger partial charge on any atom is 0.137 e. The van der Waals surface area contributed by atoms with E-state index >= 15 is 0 Å². The van der Waals surface area contributed by atoms with Crippen LogP contribution in [0.4, 0.5) is 4.39 Å². The summed E-state index contributed by atoms with van der Waals surface area (Å²) in [6.45, 7) is 0. The van der Waals surface area contributed by atoms with Crippen LogP contribution in [0.5, 0.6) is 0 Å². The van der Waals surface area contributed by atoms with Crippen LogP contribution in [0, 0.1) is 29.0 Å². The SMILES string of the molecule is N#CCC#Cc1ccc(F)c(Br)c1. The number of benzene rings is 1. The molecule has 0 heterocycles. The Kier molecular flexibility index (Phi) is 3.49. The zero-order chi connectivity index (χ0) is 9.68. The van der Waals surface area contributed by atoms with Crippen LogP contribution < -0.4 is 0 Å². The number of halogens is 2. The Morgan fingerprint density at radius 3 is 2.85 bits per heavy atom. The Bertz CT molecular complexity index is 409. The van der Waals surface area contributed by atoms with Crippen molar-refractivity contribution in [3.05, 3.63) is 34.1 Å². The molecule has 0 fully saturated rings. The van der Waals surface area contributed by atoms with E-state index in [1.165, 1.54) is 6.07 Å². The summed E-state index contributed by atoms with van der Waals surface area (Å²) in [5, 5.41) is 8.22. The second-order valence-corrected chi connectivity index (χ2v) is 3.12. The maximum absolute atomic E-state index is 12.7. The van der Waals surface area contributed by atoms with E-state index in [2.05, 4.69) is 27.8 Å². The molecule has 1 nitrogen and oxygen atoms in total. The van der Waals surface area contributed by atoms with Gasteiger partial charge < -0.3 is 0 Å². The van der Waals surface area contributed by atoms with Crippen LogP contribution in [0.2, 0.25) is 0 Å². The van der Waals surface area contributed by atoms with E-state index in [4.69, 9.17) is 5.26 Å². The van der Waals surface area contributed by atoms with E-state index in [0.717, 1.165) is 0 Å². The van der Waals surface area contributed by atoms with Gasteiger partial charge in [0.2, 0.25) is 0 Å². The smallest absolute Gasteiger partial charge is 0.137 e. The number of hydrogen-bond acceptors (Lipinski definition) is 1. The molecular weight excluding hydrogens is 233 g/mol. The summed E-state index contributed by atoms with van der Waals surface area (Å²) in [6.07, 6.45) is 0.189. The van der Waals surface area contributed by atoms with Gasteiger partial charge >= 0.3 is 0 Å². The third kappa shape index (κ3) is 2.89. The topological polar surface area (TPSA) is 23.8 Å². The Labute approximate surface area is 84.3 Å². The zero-order valence-electron chi connectivity index (χ0n) is 6.64. The normalized spacial score (nSPS) is 8.38. The van der Waals surface area contributed by atoms with E-state index < -0.39 is 0 Å². The average Bonchev–Trinajstić information content (AvgIpc) is 2.12. The summed E-state index contributed by atoms with van der Waals surface area (Å²) in [5.74, 6) is 5.07. The first kappa shape index (κ1) is 9.77. The number of nitriles is 1. The minimum atomic E-state index is -0.314. The minimum Gasteiger partial charge on any atom is -0.206 e. The molecule has 0 unspecified atom stereocenters. The first-order valence-corrected chi connectivity index (χ1v) is 4.34. The summed E-state index contributed by atoms with van der Waals surface area (Å²) in [6, 6.07) is 6.40. The van der Waals surface area contributed by atoms with Crippen LogP contribution in [0.15, 0.2) is 22.7 Å². The molecular formula is C10H5BrFN. The third-order valence-corrected chi connectivity index (χ3v) is 1.93. The molecule has 0 N–H and O–H groups in total.